The molecule has 0 aliphatic carbocycles. The van der Waals surface area contributed by atoms with Crippen LogP contribution in [0.3, 0.4) is 0 Å². The number of nitrogens with zero attached hydrogens (tertiary/aromatic N) is 4. The van der Waals surface area contributed by atoms with Crippen molar-refractivity contribution in [3.8, 4) is 0 Å². The van der Waals surface area contributed by atoms with E-state index in [0.29, 0.717) is 17.4 Å². The van der Waals surface area contributed by atoms with Gasteiger partial charge in [-0.2, -0.15) is 0 Å². The number of non-ortho nitro benzene ring substituents is 1. The van der Waals surface area contributed by atoms with Gasteiger partial charge in [-0.3, -0.25) is 19.7 Å². The number of benzene rings is 3. The molecule has 0 amide bonds. The predicted molar refractivity (Wildman–Crippen MR) is 224 cm³/mol. The van der Waals surface area contributed by atoms with E-state index in [0.717, 1.165) is 38.3 Å². The molecule has 0 aliphatic heterocycles. The molecule has 12 nitrogen and oxygen atoms in total. The lowest BCUT2D eigenvalue weighted by atomic mass is 10.0. The molecular weight excluding hydrogens is 745 g/mol. The number of carboxylic acid groups (broad SMARTS) is 2. The molecular formula is C39H48N6O6S3. The first-order valence-corrected chi connectivity index (χ1v) is 20.6. The van der Waals surface area contributed by atoms with Crippen LogP contribution in [0, 0.1) is 30.9 Å². The first-order valence-electron chi connectivity index (χ1n) is 17.0. The highest BCUT2D eigenvalue weighted by Crippen LogP contribution is 2.39. The summed E-state index contributed by atoms with van der Waals surface area (Å²) in [4.78, 5) is 36.3. The van der Waals surface area contributed by atoms with Gasteiger partial charge in [0.1, 0.15) is 12.1 Å². The first-order chi connectivity index (χ1) is 25.5. The Morgan fingerprint density at radius 3 is 1.74 bits per heavy atom. The standard InChI is InChI=1S/C14H17N3O4S.C14H18N2O2S.C11H13NS/c1-7-8(6-9(15)14(18)19)12-10(17(20)21)4-5-11(22-3)13(12)16(7)2;1-8-10(7-11(15)14(17)18)9-5-4-6-12(19-3)13(9)16(8)2;1-8-7-9-5-4-6-10(13-3)11(9)12(8)2/h4-5,9H,6,15H2,1-3H3,(H,18,19);4-6,11H,7,15H2,1-3H3,(H,17,18);4-7H,1-3H3. The zero-order chi connectivity index (χ0) is 40.2. The highest BCUT2D eigenvalue weighted by atomic mass is 32.2. The summed E-state index contributed by atoms with van der Waals surface area (Å²) in [5.41, 5.74) is 19.4. The number of carboxylic acids is 2. The van der Waals surface area contributed by atoms with Gasteiger partial charge in [-0.1, -0.05) is 24.3 Å². The summed E-state index contributed by atoms with van der Waals surface area (Å²) in [7, 11) is 5.95. The highest BCUT2D eigenvalue weighted by Gasteiger charge is 2.26. The van der Waals surface area contributed by atoms with Crippen molar-refractivity contribution < 1.29 is 24.7 Å². The maximum atomic E-state index is 11.3. The number of fused-ring (bicyclic) bond motifs is 3. The van der Waals surface area contributed by atoms with Gasteiger partial charge >= 0.3 is 11.9 Å². The fraction of sp³-hybridized carbons (Fsp3) is 0.333. The van der Waals surface area contributed by atoms with Crippen molar-refractivity contribution >= 4 is 85.6 Å². The summed E-state index contributed by atoms with van der Waals surface area (Å²) >= 11 is 4.99. The lowest BCUT2D eigenvalue weighted by Gasteiger charge is -2.07. The maximum absolute atomic E-state index is 11.3. The third kappa shape index (κ3) is 8.45. The molecule has 3 heterocycles. The molecule has 0 spiro atoms. The number of nitro benzene ring substituents is 1. The molecule has 6 aromatic rings. The van der Waals surface area contributed by atoms with E-state index in [1.165, 1.54) is 44.2 Å². The Morgan fingerprint density at radius 2 is 1.20 bits per heavy atom. The molecule has 15 heteroatoms. The van der Waals surface area contributed by atoms with E-state index in [-0.39, 0.29) is 12.1 Å². The Hall–Kier alpha value is -4.41. The van der Waals surface area contributed by atoms with E-state index >= 15 is 0 Å². The van der Waals surface area contributed by atoms with Gasteiger partial charge in [-0.15, -0.1) is 35.3 Å². The zero-order valence-corrected chi connectivity index (χ0v) is 34.4. The number of carbonyl (C=O) groups is 2. The van der Waals surface area contributed by atoms with Crippen molar-refractivity contribution in [2.24, 2.45) is 32.6 Å². The summed E-state index contributed by atoms with van der Waals surface area (Å²) < 4.78 is 6.23. The van der Waals surface area contributed by atoms with Crippen molar-refractivity contribution in [2.45, 2.75) is 60.4 Å². The second kappa shape index (κ2) is 17.8. The SMILES string of the molecule is CSc1ccc([N+](=O)[O-])c2c(CC(N)C(=O)O)c(C)n(C)c12.CSc1cccc2c(CC(N)C(=O)O)c(C)n(C)c12.CSc1cccc2cc(C)n(C)c12. The molecule has 6 rings (SSSR count). The van der Waals surface area contributed by atoms with Gasteiger partial charge in [0.25, 0.3) is 5.69 Å². The van der Waals surface area contributed by atoms with Crippen molar-refractivity contribution in [3.05, 3.63) is 92.9 Å². The van der Waals surface area contributed by atoms with Crippen LogP contribution < -0.4 is 11.5 Å². The number of para-hydroxylation sites is 2. The van der Waals surface area contributed by atoms with Crippen LogP contribution >= 0.6 is 35.3 Å². The second-order valence-electron chi connectivity index (χ2n) is 12.9. The van der Waals surface area contributed by atoms with E-state index in [1.54, 1.807) is 29.6 Å². The zero-order valence-electron chi connectivity index (χ0n) is 32.0. The van der Waals surface area contributed by atoms with Gasteiger partial charge in [-0.05, 0) is 74.9 Å². The van der Waals surface area contributed by atoms with Gasteiger partial charge in [0, 0.05) is 82.6 Å². The molecule has 3 aromatic carbocycles. The summed E-state index contributed by atoms with van der Waals surface area (Å²) in [6, 6.07) is 16.0. The first kappa shape index (κ1) is 42.3. The minimum atomic E-state index is -1.12. The maximum Gasteiger partial charge on any atom is 0.320 e. The summed E-state index contributed by atoms with van der Waals surface area (Å²) in [6.07, 6.45) is 6.47. The molecule has 54 heavy (non-hydrogen) atoms. The van der Waals surface area contributed by atoms with Crippen molar-refractivity contribution in [3.63, 3.8) is 0 Å². The molecule has 0 fully saturated rings. The summed E-state index contributed by atoms with van der Waals surface area (Å²) in [6.45, 7) is 5.97. The largest absolute Gasteiger partial charge is 0.480 e. The molecule has 3 aromatic heterocycles. The minimum absolute atomic E-state index is 0.0240. The molecule has 0 radical (unpaired) electrons. The van der Waals surface area contributed by atoms with Crippen LogP contribution in [0.1, 0.15) is 28.2 Å². The van der Waals surface area contributed by atoms with E-state index in [4.69, 9.17) is 21.7 Å². The molecule has 0 saturated carbocycles. The number of aliphatic carboxylic acids is 2. The Kier molecular flexibility index (Phi) is 14.0. The van der Waals surface area contributed by atoms with Crippen LogP contribution in [0.2, 0.25) is 0 Å². The van der Waals surface area contributed by atoms with Gasteiger partial charge in [0.2, 0.25) is 0 Å². The van der Waals surface area contributed by atoms with Crippen LogP contribution in [0.25, 0.3) is 32.7 Å². The molecule has 2 atom stereocenters. The average Bonchev–Trinajstić information content (AvgIpc) is 3.68. The fourth-order valence-electron chi connectivity index (χ4n) is 6.70. The molecule has 6 N–H and O–H groups in total. The third-order valence-electron chi connectivity index (χ3n) is 9.89. The topological polar surface area (TPSA) is 185 Å². The van der Waals surface area contributed by atoms with Gasteiger partial charge in [0.05, 0.1) is 26.9 Å². The van der Waals surface area contributed by atoms with E-state index < -0.39 is 28.9 Å². The van der Waals surface area contributed by atoms with Crippen molar-refractivity contribution in [1.29, 1.82) is 0 Å². The van der Waals surface area contributed by atoms with E-state index in [1.807, 2.05) is 57.2 Å². The van der Waals surface area contributed by atoms with E-state index in [2.05, 4.69) is 59.7 Å². The van der Waals surface area contributed by atoms with E-state index in [9.17, 15) is 19.7 Å². The number of hydrogen-bond acceptors (Lipinski definition) is 9. The molecule has 288 valence electrons. The Morgan fingerprint density at radius 1 is 0.722 bits per heavy atom. The Labute approximate surface area is 327 Å². The van der Waals surface area contributed by atoms with Crippen molar-refractivity contribution in [1.82, 2.24) is 13.7 Å². The highest BCUT2D eigenvalue weighted by molar-refractivity contribution is 7.99. The number of rotatable bonds is 10. The normalized spacial score (nSPS) is 12.3. The number of thioether (sulfide) groups is 3. The molecule has 0 bridgehead atoms. The number of nitro groups is 1. The third-order valence-corrected chi connectivity index (χ3v) is 12.2. The monoisotopic (exact) mass is 792 g/mol. The lowest BCUT2D eigenvalue weighted by molar-refractivity contribution is -0.383. The van der Waals surface area contributed by atoms with Crippen LogP contribution in [-0.2, 0) is 43.6 Å². The Balaban J connectivity index is 0.000000186. The van der Waals surface area contributed by atoms with Crippen LogP contribution in [-0.4, -0.2) is 71.6 Å². The van der Waals surface area contributed by atoms with Crippen LogP contribution in [0.5, 0.6) is 0 Å². The van der Waals surface area contributed by atoms with Gasteiger partial charge in [0.15, 0.2) is 0 Å². The summed E-state index contributed by atoms with van der Waals surface area (Å²) in [5.74, 6) is -2.09. The number of aryl methyl sites for hydroxylation is 4. The summed E-state index contributed by atoms with van der Waals surface area (Å²) in [5, 5.41) is 32.3. The van der Waals surface area contributed by atoms with Crippen molar-refractivity contribution in [2.75, 3.05) is 18.8 Å². The molecule has 0 saturated heterocycles. The number of nitrogens with two attached hydrogens (primary N) is 2. The smallest absolute Gasteiger partial charge is 0.320 e. The fourth-order valence-corrected chi connectivity index (χ4v) is 8.66. The Bertz CT molecular complexity index is 2360. The number of hydrogen-bond donors (Lipinski definition) is 4. The minimum Gasteiger partial charge on any atom is -0.480 e. The lowest BCUT2D eigenvalue weighted by Crippen LogP contribution is -2.32. The van der Waals surface area contributed by atoms with Crippen LogP contribution in [0.4, 0.5) is 5.69 Å². The second-order valence-corrected chi connectivity index (χ2v) is 15.5. The van der Waals surface area contributed by atoms with Gasteiger partial charge in [-0.25, -0.2) is 0 Å². The number of aromatic nitrogens is 3. The predicted octanol–water partition coefficient (Wildman–Crippen LogP) is 7.44. The van der Waals surface area contributed by atoms with Gasteiger partial charge < -0.3 is 35.4 Å². The quantitative estimate of drug-likeness (QED) is 0.0614. The average molecular weight is 793 g/mol. The molecule has 2 unspecified atom stereocenters. The molecule has 0 aliphatic rings. The van der Waals surface area contributed by atoms with Crippen LogP contribution in [0.15, 0.2) is 69.3 Å².